The number of rotatable bonds is 5. The standard InChI is InChI=1S/C18H20N4O3S2/c1-11-8-12(2)17(13(3)9-11)19-16(23)10-22(4)27(24,25)15-7-5-6-14-18(15)21-26-20-14/h5-9H,10H2,1-4H3,(H,19,23). The molecular weight excluding hydrogens is 384 g/mol. The number of sulfonamides is 1. The predicted octanol–water partition coefficient (Wildman–Crippen LogP) is 2.88. The third-order valence-corrected chi connectivity index (χ3v) is 6.62. The Morgan fingerprint density at radius 3 is 2.48 bits per heavy atom. The molecule has 0 aliphatic rings. The highest BCUT2D eigenvalue weighted by Gasteiger charge is 2.26. The number of amides is 1. The molecule has 7 nitrogen and oxygen atoms in total. The molecule has 3 aromatic rings. The Morgan fingerprint density at radius 1 is 1.15 bits per heavy atom. The van der Waals surface area contributed by atoms with Crippen LogP contribution < -0.4 is 5.32 Å². The third kappa shape index (κ3) is 3.85. The molecule has 1 aromatic heterocycles. The lowest BCUT2D eigenvalue weighted by atomic mass is 10.1. The molecule has 0 aliphatic heterocycles. The van der Waals surface area contributed by atoms with E-state index in [0.717, 1.165) is 32.7 Å². The van der Waals surface area contributed by atoms with E-state index >= 15 is 0 Å². The molecule has 1 N–H and O–H groups in total. The minimum absolute atomic E-state index is 0.0479. The van der Waals surface area contributed by atoms with E-state index in [-0.39, 0.29) is 11.4 Å². The van der Waals surface area contributed by atoms with Crippen molar-refractivity contribution >= 4 is 44.4 Å². The van der Waals surface area contributed by atoms with E-state index < -0.39 is 15.9 Å². The molecule has 0 saturated carbocycles. The van der Waals surface area contributed by atoms with Crippen molar-refractivity contribution in [3.05, 3.63) is 47.0 Å². The number of fused-ring (bicyclic) bond motifs is 1. The fourth-order valence-electron chi connectivity index (χ4n) is 3.00. The SMILES string of the molecule is Cc1cc(C)c(NC(=O)CN(C)S(=O)(=O)c2cccc3nsnc23)c(C)c1. The molecule has 0 aliphatic carbocycles. The predicted molar refractivity (Wildman–Crippen MR) is 107 cm³/mol. The summed E-state index contributed by atoms with van der Waals surface area (Å²) < 4.78 is 34.9. The zero-order chi connectivity index (χ0) is 19.8. The lowest BCUT2D eigenvalue weighted by Gasteiger charge is -2.18. The summed E-state index contributed by atoms with van der Waals surface area (Å²) in [5.74, 6) is -0.403. The van der Waals surface area contributed by atoms with Crippen molar-refractivity contribution in [1.82, 2.24) is 13.1 Å². The molecule has 2 aromatic carbocycles. The van der Waals surface area contributed by atoms with Gasteiger partial charge in [0.15, 0.2) is 0 Å². The van der Waals surface area contributed by atoms with Gasteiger partial charge >= 0.3 is 0 Å². The van der Waals surface area contributed by atoms with Crippen molar-refractivity contribution in [3.8, 4) is 0 Å². The van der Waals surface area contributed by atoms with Crippen LogP contribution in [0.15, 0.2) is 35.2 Å². The summed E-state index contributed by atoms with van der Waals surface area (Å²) in [6.45, 7) is 5.50. The van der Waals surface area contributed by atoms with Crippen LogP contribution in [-0.4, -0.2) is 41.0 Å². The van der Waals surface area contributed by atoms with Crippen LogP contribution in [0.5, 0.6) is 0 Å². The van der Waals surface area contributed by atoms with Gasteiger partial charge in [0, 0.05) is 12.7 Å². The van der Waals surface area contributed by atoms with Crippen LogP contribution in [0.25, 0.3) is 11.0 Å². The molecule has 0 fully saturated rings. The van der Waals surface area contributed by atoms with E-state index in [2.05, 4.69) is 14.1 Å². The fraction of sp³-hybridized carbons (Fsp3) is 0.278. The van der Waals surface area contributed by atoms with Gasteiger partial charge in [-0.15, -0.1) is 0 Å². The third-order valence-electron chi connectivity index (χ3n) is 4.24. The summed E-state index contributed by atoms with van der Waals surface area (Å²) in [6, 6.07) is 8.73. The summed E-state index contributed by atoms with van der Waals surface area (Å²) >= 11 is 0.953. The van der Waals surface area contributed by atoms with Crippen LogP contribution in [-0.2, 0) is 14.8 Å². The molecule has 1 heterocycles. The summed E-state index contributed by atoms with van der Waals surface area (Å²) in [4.78, 5) is 12.5. The largest absolute Gasteiger partial charge is 0.324 e. The first-order chi connectivity index (χ1) is 12.7. The van der Waals surface area contributed by atoms with Gasteiger partial charge in [0.2, 0.25) is 15.9 Å². The first-order valence-corrected chi connectivity index (χ1v) is 10.4. The molecule has 0 bridgehead atoms. The molecule has 0 spiro atoms. The average molecular weight is 405 g/mol. The molecule has 0 atom stereocenters. The Bertz CT molecular complexity index is 1100. The van der Waals surface area contributed by atoms with Gasteiger partial charge in [-0.25, -0.2) is 8.42 Å². The molecule has 0 saturated heterocycles. The van der Waals surface area contributed by atoms with Crippen LogP contribution in [0.1, 0.15) is 16.7 Å². The number of hydrogen-bond acceptors (Lipinski definition) is 6. The van der Waals surface area contributed by atoms with Crippen LogP contribution in [0.3, 0.4) is 0 Å². The minimum atomic E-state index is -3.87. The molecule has 1 amide bonds. The summed E-state index contributed by atoms with van der Waals surface area (Å²) in [7, 11) is -2.50. The Kier molecular flexibility index (Phi) is 5.27. The number of hydrogen-bond donors (Lipinski definition) is 1. The second kappa shape index (κ2) is 7.34. The van der Waals surface area contributed by atoms with Crippen molar-refractivity contribution in [2.75, 3.05) is 18.9 Å². The highest BCUT2D eigenvalue weighted by molar-refractivity contribution is 7.89. The Balaban J connectivity index is 1.81. The van der Waals surface area contributed by atoms with Crippen molar-refractivity contribution in [1.29, 1.82) is 0 Å². The second-order valence-electron chi connectivity index (χ2n) is 6.47. The van der Waals surface area contributed by atoms with Gasteiger partial charge in [-0.2, -0.15) is 13.1 Å². The monoisotopic (exact) mass is 404 g/mol. The van der Waals surface area contributed by atoms with E-state index in [1.807, 2.05) is 32.9 Å². The number of aryl methyl sites for hydroxylation is 3. The van der Waals surface area contributed by atoms with Crippen molar-refractivity contribution in [2.45, 2.75) is 25.7 Å². The van der Waals surface area contributed by atoms with E-state index in [0.29, 0.717) is 16.7 Å². The van der Waals surface area contributed by atoms with Gasteiger partial charge in [-0.05, 0) is 44.0 Å². The Labute approximate surface area is 162 Å². The first-order valence-electron chi connectivity index (χ1n) is 8.25. The van der Waals surface area contributed by atoms with Crippen LogP contribution >= 0.6 is 11.7 Å². The van der Waals surface area contributed by atoms with Crippen LogP contribution in [0, 0.1) is 20.8 Å². The van der Waals surface area contributed by atoms with Crippen LogP contribution in [0.2, 0.25) is 0 Å². The Morgan fingerprint density at radius 2 is 1.81 bits per heavy atom. The number of likely N-dealkylation sites (N-methyl/N-ethyl adjacent to an activating group) is 1. The normalized spacial score (nSPS) is 11.9. The summed E-state index contributed by atoms with van der Waals surface area (Å²) in [5.41, 5.74) is 4.52. The highest BCUT2D eigenvalue weighted by Crippen LogP contribution is 2.24. The molecule has 3 rings (SSSR count). The van der Waals surface area contributed by atoms with Gasteiger partial charge in [0.05, 0.1) is 18.3 Å². The van der Waals surface area contributed by atoms with E-state index in [1.54, 1.807) is 12.1 Å². The number of benzene rings is 2. The molecule has 27 heavy (non-hydrogen) atoms. The van der Waals surface area contributed by atoms with E-state index in [1.165, 1.54) is 13.1 Å². The molecule has 9 heteroatoms. The van der Waals surface area contributed by atoms with Crippen molar-refractivity contribution in [3.63, 3.8) is 0 Å². The van der Waals surface area contributed by atoms with Crippen molar-refractivity contribution in [2.24, 2.45) is 0 Å². The number of anilines is 1. The zero-order valence-electron chi connectivity index (χ0n) is 15.5. The topological polar surface area (TPSA) is 92.3 Å². The first kappa shape index (κ1) is 19.4. The molecule has 0 radical (unpaired) electrons. The van der Waals surface area contributed by atoms with Crippen LogP contribution in [0.4, 0.5) is 5.69 Å². The fourth-order valence-corrected chi connectivity index (χ4v) is 4.88. The molecule has 0 unspecified atom stereocenters. The number of nitrogens with zero attached hydrogens (tertiary/aromatic N) is 3. The minimum Gasteiger partial charge on any atom is -0.324 e. The smallest absolute Gasteiger partial charge is 0.245 e. The second-order valence-corrected chi connectivity index (χ2v) is 9.01. The Hall–Kier alpha value is -2.36. The van der Waals surface area contributed by atoms with E-state index in [9.17, 15) is 13.2 Å². The maximum atomic E-state index is 12.9. The average Bonchev–Trinajstić information content (AvgIpc) is 3.06. The lowest BCUT2D eigenvalue weighted by Crippen LogP contribution is -2.35. The molecular formula is C18H20N4O3S2. The zero-order valence-corrected chi connectivity index (χ0v) is 17.1. The van der Waals surface area contributed by atoms with Crippen molar-refractivity contribution < 1.29 is 13.2 Å². The lowest BCUT2D eigenvalue weighted by molar-refractivity contribution is -0.116. The van der Waals surface area contributed by atoms with Gasteiger partial charge in [-0.3, -0.25) is 4.79 Å². The quantitative estimate of drug-likeness (QED) is 0.706. The maximum Gasteiger partial charge on any atom is 0.245 e. The number of nitrogens with one attached hydrogen (secondary N) is 1. The number of carbonyl (C=O) groups excluding carboxylic acids is 1. The van der Waals surface area contributed by atoms with Gasteiger partial charge in [0.1, 0.15) is 15.9 Å². The molecule has 142 valence electrons. The summed E-state index contributed by atoms with van der Waals surface area (Å²) in [5, 5.41) is 2.82. The number of aromatic nitrogens is 2. The van der Waals surface area contributed by atoms with Gasteiger partial charge in [0.25, 0.3) is 0 Å². The maximum absolute atomic E-state index is 12.9. The number of carbonyl (C=O) groups is 1. The highest BCUT2D eigenvalue weighted by atomic mass is 32.2. The van der Waals surface area contributed by atoms with Gasteiger partial charge in [-0.1, -0.05) is 23.8 Å². The summed E-state index contributed by atoms with van der Waals surface area (Å²) in [6.07, 6.45) is 0. The van der Waals surface area contributed by atoms with Gasteiger partial charge < -0.3 is 5.32 Å². The van der Waals surface area contributed by atoms with E-state index in [4.69, 9.17) is 0 Å².